The lowest BCUT2D eigenvalue weighted by molar-refractivity contribution is -0.118. The van der Waals surface area contributed by atoms with Gasteiger partial charge in [-0.25, -0.2) is 0 Å². The minimum Gasteiger partial charge on any atom is -0.484 e. The van der Waals surface area contributed by atoms with E-state index in [1.54, 1.807) is 18.0 Å². The van der Waals surface area contributed by atoms with Crippen molar-refractivity contribution in [2.45, 2.75) is 13.8 Å². The topological polar surface area (TPSA) is 80.6 Å². The zero-order valence-electron chi connectivity index (χ0n) is 17.3. The van der Waals surface area contributed by atoms with E-state index < -0.39 is 11.5 Å². The van der Waals surface area contributed by atoms with Gasteiger partial charge in [0.15, 0.2) is 6.61 Å². The second-order valence-corrected chi connectivity index (χ2v) is 6.88. The van der Waals surface area contributed by atoms with Crippen LogP contribution in [0.3, 0.4) is 0 Å². The van der Waals surface area contributed by atoms with E-state index in [-0.39, 0.29) is 18.2 Å². The van der Waals surface area contributed by atoms with Crippen LogP contribution in [0.4, 0.5) is 5.69 Å². The first kappa shape index (κ1) is 21.1. The minimum atomic E-state index is -0.479. The van der Waals surface area contributed by atoms with E-state index in [0.29, 0.717) is 24.4 Å². The van der Waals surface area contributed by atoms with E-state index >= 15 is 0 Å². The van der Waals surface area contributed by atoms with Gasteiger partial charge in [0.2, 0.25) is 0 Å². The molecule has 1 heterocycles. The highest BCUT2D eigenvalue weighted by molar-refractivity contribution is 5.97. The van der Waals surface area contributed by atoms with Crippen LogP contribution in [-0.2, 0) is 11.8 Å². The number of pyridine rings is 1. The highest BCUT2D eigenvalue weighted by Gasteiger charge is 2.17. The van der Waals surface area contributed by atoms with Gasteiger partial charge in [0.05, 0.1) is 5.56 Å². The summed E-state index contributed by atoms with van der Waals surface area (Å²) >= 11 is 0. The van der Waals surface area contributed by atoms with Crippen molar-refractivity contribution in [3.05, 3.63) is 70.6 Å². The SMILES string of the molecule is CCN(CC)C(=O)c1cc(NC(=O)COc2ccc3ccccc3c2)c(=O)n(C)c1. The van der Waals surface area contributed by atoms with Gasteiger partial charge in [0, 0.05) is 26.3 Å². The molecule has 0 atom stereocenters. The van der Waals surface area contributed by atoms with Crippen LogP contribution in [0, 0.1) is 0 Å². The molecule has 0 aliphatic rings. The predicted octanol–water partition coefficient (Wildman–Crippen LogP) is 3.04. The van der Waals surface area contributed by atoms with Crippen molar-refractivity contribution in [2.75, 3.05) is 25.0 Å². The monoisotopic (exact) mass is 407 g/mol. The quantitative estimate of drug-likeness (QED) is 0.653. The Morgan fingerprint density at radius 1 is 1.03 bits per heavy atom. The number of anilines is 1. The first-order valence-corrected chi connectivity index (χ1v) is 9.84. The van der Waals surface area contributed by atoms with Crippen LogP contribution in [-0.4, -0.2) is 41.0 Å². The van der Waals surface area contributed by atoms with E-state index in [1.165, 1.54) is 16.8 Å². The largest absolute Gasteiger partial charge is 0.484 e. The van der Waals surface area contributed by atoms with Crippen LogP contribution in [0.1, 0.15) is 24.2 Å². The number of hydrogen-bond donors (Lipinski definition) is 1. The van der Waals surface area contributed by atoms with E-state index in [9.17, 15) is 14.4 Å². The number of rotatable bonds is 7. The van der Waals surface area contributed by atoms with Crippen LogP contribution in [0.2, 0.25) is 0 Å². The molecule has 7 heteroatoms. The van der Waals surface area contributed by atoms with Crippen molar-refractivity contribution in [2.24, 2.45) is 7.05 Å². The standard InChI is InChI=1S/C23H25N3O4/c1-4-26(5-2)22(28)18-13-20(23(29)25(3)14-18)24-21(27)15-30-19-11-10-16-8-6-7-9-17(16)12-19/h6-14H,4-5,15H2,1-3H3,(H,24,27). The zero-order chi connectivity index (χ0) is 21.7. The number of hydrogen-bond acceptors (Lipinski definition) is 4. The normalized spacial score (nSPS) is 10.6. The van der Waals surface area contributed by atoms with Crippen LogP contribution in [0.5, 0.6) is 5.75 Å². The molecular formula is C23H25N3O4. The Balaban J connectivity index is 1.72. The molecule has 0 bridgehead atoms. The van der Waals surface area contributed by atoms with Gasteiger partial charge in [0.25, 0.3) is 17.4 Å². The van der Waals surface area contributed by atoms with Gasteiger partial charge in [-0.15, -0.1) is 0 Å². The first-order chi connectivity index (χ1) is 14.4. The maximum absolute atomic E-state index is 12.6. The Morgan fingerprint density at radius 3 is 2.43 bits per heavy atom. The zero-order valence-corrected chi connectivity index (χ0v) is 17.3. The van der Waals surface area contributed by atoms with Crippen molar-refractivity contribution in [1.82, 2.24) is 9.47 Å². The van der Waals surface area contributed by atoms with Gasteiger partial charge in [-0.3, -0.25) is 14.4 Å². The van der Waals surface area contributed by atoms with E-state index in [0.717, 1.165) is 10.8 Å². The number of carbonyl (C=O) groups is 2. The Kier molecular flexibility index (Phi) is 6.51. The highest BCUT2D eigenvalue weighted by Crippen LogP contribution is 2.20. The van der Waals surface area contributed by atoms with Gasteiger partial charge in [-0.2, -0.15) is 0 Å². The number of fused-ring (bicyclic) bond motifs is 1. The number of carbonyl (C=O) groups excluding carboxylic acids is 2. The van der Waals surface area contributed by atoms with E-state index in [4.69, 9.17) is 4.74 Å². The molecule has 2 aromatic carbocycles. The number of benzene rings is 2. The van der Waals surface area contributed by atoms with Crippen molar-refractivity contribution in [1.29, 1.82) is 0 Å². The lowest BCUT2D eigenvalue weighted by atomic mass is 10.1. The van der Waals surface area contributed by atoms with Gasteiger partial charge >= 0.3 is 0 Å². The van der Waals surface area contributed by atoms with Crippen LogP contribution < -0.4 is 15.6 Å². The molecule has 7 nitrogen and oxygen atoms in total. The number of amides is 2. The Hall–Kier alpha value is -3.61. The number of nitrogens with zero attached hydrogens (tertiary/aromatic N) is 2. The molecule has 0 spiro atoms. The molecule has 0 aliphatic heterocycles. The number of aromatic nitrogens is 1. The highest BCUT2D eigenvalue weighted by atomic mass is 16.5. The van der Waals surface area contributed by atoms with Crippen molar-refractivity contribution in [3.8, 4) is 5.75 Å². The maximum Gasteiger partial charge on any atom is 0.274 e. The summed E-state index contributed by atoms with van der Waals surface area (Å²) in [4.78, 5) is 39.0. The molecule has 0 saturated heterocycles. The molecule has 1 aromatic heterocycles. The molecule has 0 aliphatic carbocycles. The van der Waals surface area contributed by atoms with Gasteiger partial charge in [-0.05, 0) is 42.8 Å². The molecule has 156 valence electrons. The fourth-order valence-electron chi connectivity index (χ4n) is 3.20. The third-order valence-electron chi connectivity index (χ3n) is 4.85. The van der Waals surface area contributed by atoms with Crippen LogP contribution >= 0.6 is 0 Å². The number of nitrogens with one attached hydrogen (secondary N) is 1. The van der Waals surface area contributed by atoms with E-state index in [2.05, 4.69) is 5.32 Å². The molecule has 0 unspecified atom stereocenters. The number of ether oxygens (including phenoxy) is 1. The lowest BCUT2D eigenvalue weighted by Crippen LogP contribution is -2.33. The fraction of sp³-hybridized carbons (Fsp3) is 0.261. The number of aryl methyl sites for hydroxylation is 1. The third kappa shape index (κ3) is 4.68. The molecule has 3 rings (SSSR count). The van der Waals surface area contributed by atoms with Gasteiger partial charge < -0.3 is 19.5 Å². The summed E-state index contributed by atoms with van der Waals surface area (Å²) in [6, 6.07) is 14.8. The summed E-state index contributed by atoms with van der Waals surface area (Å²) in [6.07, 6.45) is 1.48. The summed E-state index contributed by atoms with van der Waals surface area (Å²) < 4.78 is 6.86. The van der Waals surface area contributed by atoms with E-state index in [1.807, 2.05) is 50.2 Å². The predicted molar refractivity (Wildman–Crippen MR) is 117 cm³/mol. The van der Waals surface area contributed by atoms with Crippen molar-refractivity contribution in [3.63, 3.8) is 0 Å². The smallest absolute Gasteiger partial charge is 0.274 e. The maximum atomic E-state index is 12.6. The fourth-order valence-corrected chi connectivity index (χ4v) is 3.20. The molecule has 3 aromatic rings. The van der Waals surface area contributed by atoms with Crippen LogP contribution in [0.15, 0.2) is 59.5 Å². The lowest BCUT2D eigenvalue weighted by Gasteiger charge is -2.19. The Labute approximate surface area is 174 Å². The molecule has 0 saturated carbocycles. The molecule has 30 heavy (non-hydrogen) atoms. The molecule has 0 radical (unpaired) electrons. The molecular weight excluding hydrogens is 382 g/mol. The summed E-state index contributed by atoms with van der Waals surface area (Å²) in [7, 11) is 1.54. The summed E-state index contributed by atoms with van der Waals surface area (Å²) in [5, 5.41) is 4.64. The van der Waals surface area contributed by atoms with Crippen LogP contribution in [0.25, 0.3) is 10.8 Å². The summed E-state index contributed by atoms with van der Waals surface area (Å²) in [5.74, 6) is -0.117. The first-order valence-electron chi connectivity index (χ1n) is 9.84. The van der Waals surface area contributed by atoms with Gasteiger partial charge in [-0.1, -0.05) is 30.3 Å². The second kappa shape index (κ2) is 9.26. The minimum absolute atomic E-state index is 0.0441. The van der Waals surface area contributed by atoms with Crippen molar-refractivity contribution < 1.29 is 14.3 Å². The molecule has 2 amide bonds. The summed E-state index contributed by atoms with van der Waals surface area (Å²) in [5.41, 5.74) is -0.0145. The third-order valence-corrected chi connectivity index (χ3v) is 4.85. The Bertz CT molecular complexity index is 1130. The van der Waals surface area contributed by atoms with Crippen molar-refractivity contribution >= 4 is 28.3 Å². The summed E-state index contributed by atoms with van der Waals surface area (Å²) in [6.45, 7) is 4.63. The van der Waals surface area contributed by atoms with Gasteiger partial charge in [0.1, 0.15) is 11.4 Å². The average molecular weight is 407 g/mol. The molecule has 0 fully saturated rings. The Morgan fingerprint density at radius 2 is 1.73 bits per heavy atom. The second-order valence-electron chi connectivity index (χ2n) is 6.88. The average Bonchev–Trinajstić information content (AvgIpc) is 2.76. The molecule has 1 N–H and O–H groups in total.